The van der Waals surface area contributed by atoms with E-state index >= 15 is 0 Å². The van der Waals surface area contributed by atoms with Gasteiger partial charge in [0.2, 0.25) is 5.91 Å². The molecule has 3 nitrogen and oxygen atoms in total. The molecule has 2 aliphatic rings. The van der Waals surface area contributed by atoms with Gasteiger partial charge < -0.3 is 10.2 Å². The summed E-state index contributed by atoms with van der Waals surface area (Å²) in [5.41, 5.74) is 0. The number of amides is 1. The second-order valence-corrected chi connectivity index (χ2v) is 4.74. The Balaban J connectivity index is 1.80. The smallest absolute Gasteiger partial charge is 0.219 e. The summed E-state index contributed by atoms with van der Waals surface area (Å²) in [5.74, 6) is 2.76. The van der Waals surface area contributed by atoms with Crippen molar-refractivity contribution in [1.29, 1.82) is 0 Å². The van der Waals surface area contributed by atoms with E-state index < -0.39 is 0 Å². The van der Waals surface area contributed by atoms with Crippen LogP contribution < -0.4 is 5.32 Å². The molecule has 1 unspecified atom stereocenters. The van der Waals surface area contributed by atoms with Crippen LogP contribution in [0.5, 0.6) is 0 Å². The van der Waals surface area contributed by atoms with Gasteiger partial charge in [0.1, 0.15) is 0 Å². The van der Waals surface area contributed by atoms with Gasteiger partial charge in [-0.25, -0.2) is 0 Å². The van der Waals surface area contributed by atoms with E-state index in [0.29, 0.717) is 0 Å². The maximum absolute atomic E-state index is 11.0. The van der Waals surface area contributed by atoms with Gasteiger partial charge in [0.05, 0.1) is 0 Å². The summed E-state index contributed by atoms with van der Waals surface area (Å²) in [7, 11) is 2.02. The van der Waals surface area contributed by atoms with Gasteiger partial charge >= 0.3 is 0 Å². The molecule has 0 spiro atoms. The van der Waals surface area contributed by atoms with Crippen LogP contribution in [-0.4, -0.2) is 37.5 Å². The van der Waals surface area contributed by atoms with Crippen molar-refractivity contribution in [3.63, 3.8) is 0 Å². The van der Waals surface area contributed by atoms with Gasteiger partial charge in [0, 0.05) is 20.0 Å². The van der Waals surface area contributed by atoms with E-state index in [1.54, 1.807) is 6.92 Å². The molecule has 1 N–H and O–H groups in total. The Morgan fingerprint density at radius 3 is 2.50 bits per heavy atom. The van der Waals surface area contributed by atoms with Crippen molar-refractivity contribution >= 4 is 5.91 Å². The lowest BCUT2D eigenvalue weighted by Crippen LogP contribution is -2.53. The molecule has 80 valence electrons. The molecule has 2 fully saturated rings. The summed E-state index contributed by atoms with van der Waals surface area (Å²) in [4.78, 5) is 13.0. The second-order valence-electron chi connectivity index (χ2n) is 4.74. The van der Waals surface area contributed by atoms with Crippen molar-refractivity contribution in [3.8, 4) is 0 Å². The largest absolute Gasteiger partial charge is 0.342 e. The molecule has 1 aliphatic heterocycles. The SMILES string of the molecule is CNCC(C1CC1)C1CN(C(C)=O)C1. The zero-order valence-electron chi connectivity index (χ0n) is 9.12. The summed E-state index contributed by atoms with van der Waals surface area (Å²) in [6.07, 6.45) is 2.81. The normalized spacial score (nSPS) is 24.6. The van der Waals surface area contributed by atoms with E-state index in [1.807, 2.05) is 11.9 Å². The highest BCUT2D eigenvalue weighted by Gasteiger charge is 2.41. The molecule has 0 aromatic rings. The minimum Gasteiger partial charge on any atom is -0.342 e. The van der Waals surface area contributed by atoms with Gasteiger partial charge in [-0.15, -0.1) is 0 Å². The van der Waals surface area contributed by atoms with Gasteiger partial charge in [0.25, 0.3) is 0 Å². The zero-order valence-corrected chi connectivity index (χ0v) is 9.12. The van der Waals surface area contributed by atoms with Crippen LogP contribution in [0.3, 0.4) is 0 Å². The Morgan fingerprint density at radius 1 is 1.43 bits per heavy atom. The van der Waals surface area contributed by atoms with E-state index in [0.717, 1.165) is 37.4 Å². The molecule has 2 rings (SSSR count). The number of hydrogen-bond acceptors (Lipinski definition) is 2. The van der Waals surface area contributed by atoms with Gasteiger partial charge in [-0.2, -0.15) is 0 Å². The van der Waals surface area contributed by atoms with E-state index in [9.17, 15) is 4.79 Å². The number of carbonyl (C=O) groups is 1. The lowest BCUT2D eigenvalue weighted by Gasteiger charge is -2.43. The summed E-state index contributed by atoms with van der Waals surface area (Å²) < 4.78 is 0. The molecule has 0 aromatic heterocycles. The molecule has 1 saturated heterocycles. The van der Waals surface area contributed by atoms with Crippen LogP contribution in [0.15, 0.2) is 0 Å². The molecular formula is C11H20N2O. The summed E-state index contributed by atoms with van der Waals surface area (Å²) in [6, 6.07) is 0. The van der Waals surface area contributed by atoms with E-state index in [4.69, 9.17) is 0 Å². The number of rotatable bonds is 4. The third-order valence-corrected chi connectivity index (χ3v) is 3.63. The van der Waals surface area contributed by atoms with Gasteiger partial charge in [0.15, 0.2) is 0 Å². The molecule has 1 amide bonds. The maximum atomic E-state index is 11.0. The molecule has 1 atom stereocenters. The Labute approximate surface area is 85.8 Å². The zero-order chi connectivity index (χ0) is 10.1. The van der Waals surface area contributed by atoms with Crippen molar-refractivity contribution in [2.75, 3.05) is 26.7 Å². The number of carbonyl (C=O) groups excluding carboxylic acids is 1. The molecule has 1 heterocycles. The summed E-state index contributed by atoms with van der Waals surface area (Å²) >= 11 is 0. The van der Waals surface area contributed by atoms with E-state index in [-0.39, 0.29) is 5.91 Å². The molecule has 0 bridgehead atoms. The highest BCUT2D eigenvalue weighted by atomic mass is 16.2. The molecule has 14 heavy (non-hydrogen) atoms. The third-order valence-electron chi connectivity index (χ3n) is 3.63. The average Bonchev–Trinajstić information content (AvgIpc) is 2.81. The van der Waals surface area contributed by atoms with Crippen LogP contribution in [0.2, 0.25) is 0 Å². The standard InChI is InChI=1S/C11H20N2O/c1-8(14)13-6-10(7-13)11(5-12-2)9-3-4-9/h9-12H,3-7H2,1-2H3. The lowest BCUT2D eigenvalue weighted by molar-refractivity contribution is -0.136. The minimum atomic E-state index is 0.236. The van der Waals surface area contributed by atoms with Gasteiger partial charge in [-0.05, 0) is 44.2 Å². The van der Waals surface area contributed by atoms with Crippen molar-refractivity contribution in [1.82, 2.24) is 10.2 Å². The van der Waals surface area contributed by atoms with E-state index in [1.165, 1.54) is 12.8 Å². The van der Waals surface area contributed by atoms with Crippen LogP contribution in [0.25, 0.3) is 0 Å². The number of likely N-dealkylation sites (tertiary alicyclic amines) is 1. The van der Waals surface area contributed by atoms with Crippen molar-refractivity contribution in [3.05, 3.63) is 0 Å². The first-order chi connectivity index (χ1) is 6.72. The number of nitrogens with one attached hydrogen (secondary N) is 1. The molecule has 0 radical (unpaired) electrons. The molecule has 1 saturated carbocycles. The first-order valence-corrected chi connectivity index (χ1v) is 5.62. The van der Waals surface area contributed by atoms with Crippen molar-refractivity contribution < 1.29 is 4.79 Å². The predicted molar refractivity (Wildman–Crippen MR) is 55.9 cm³/mol. The highest BCUT2D eigenvalue weighted by Crippen LogP contribution is 2.42. The van der Waals surface area contributed by atoms with Crippen LogP contribution in [0.4, 0.5) is 0 Å². The highest BCUT2D eigenvalue weighted by molar-refractivity contribution is 5.74. The van der Waals surface area contributed by atoms with Crippen LogP contribution in [0, 0.1) is 17.8 Å². The Kier molecular flexibility index (Phi) is 2.77. The quantitative estimate of drug-likeness (QED) is 0.718. The Hall–Kier alpha value is -0.570. The Morgan fingerprint density at radius 2 is 2.07 bits per heavy atom. The Bertz CT molecular complexity index is 219. The van der Waals surface area contributed by atoms with Crippen molar-refractivity contribution in [2.24, 2.45) is 17.8 Å². The maximum Gasteiger partial charge on any atom is 0.219 e. The molecule has 0 aromatic carbocycles. The van der Waals surface area contributed by atoms with Crippen LogP contribution in [-0.2, 0) is 4.79 Å². The fraction of sp³-hybridized carbons (Fsp3) is 0.909. The summed E-state index contributed by atoms with van der Waals surface area (Å²) in [6.45, 7) is 4.79. The first-order valence-electron chi connectivity index (χ1n) is 5.62. The lowest BCUT2D eigenvalue weighted by atomic mass is 9.82. The summed E-state index contributed by atoms with van der Waals surface area (Å²) in [5, 5.41) is 3.28. The van der Waals surface area contributed by atoms with Gasteiger partial charge in [-0.1, -0.05) is 0 Å². The molecular weight excluding hydrogens is 176 g/mol. The fourth-order valence-electron chi connectivity index (χ4n) is 2.52. The number of hydrogen-bond donors (Lipinski definition) is 1. The monoisotopic (exact) mass is 196 g/mol. The molecule has 3 heteroatoms. The second kappa shape index (κ2) is 3.89. The topological polar surface area (TPSA) is 32.3 Å². The number of nitrogens with zero attached hydrogens (tertiary/aromatic N) is 1. The fourth-order valence-corrected chi connectivity index (χ4v) is 2.52. The average molecular weight is 196 g/mol. The van der Waals surface area contributed by atoms with Crippen LogP contribution in [0.1, 0.15) is 19.8 Å². The third kappa shape index (κ3) is 1.92. The van der Waals surface area contributed by atoms with E-state index in [2.05, 4.69) is 5.32 Å². The predicted octanol–water partition coefficient (Wildman–Crippen LogP) is 0.710. The minimum absolute atomic E-state index is 0.236. The van der Waals surface area contributed by atoms with Gasteiger partial charge in [-0.3, -0.25) is 4.79 Å². The first kappa shape index (κ1) is 9.97. The van der Waals surface area contributed by atoms with Crippen molar-refractivity contribution in [2.45, 2.75) is 19.8 Å². The van der Waals surface area contributed by atoms with Crippen LogP contribution >= 0.6 is 0 Å². The molecule has 1 aliphatic carbocycles.